The van der Waals surface area contributed by atoms with E-state index in [-0.39, 0.29) is 0 Å². The van der Waals surface area contributed by atoms with Gasteiger partial charge in [-0.05, 0) is 35.7 Å². The summed E-state index contributed by atoms with van der Waals surface area (Å²) in [4.78, 5) is 1.37. The molecular weight excluding hydrogens is 252 g/mol. The van der Waals surface area contributed by atoms with E-state index in [0.29, 0.717) is 0 Å². The third-order valence-corrected chi connectivity index (χ3v) is 3.48. The highest BCUT2D eigenvalue weighted by molar-refractivity contribution is 7.09. The zero-order valence-corrected chi connectivity index (χ0v) is 11.0. The summed E-state index contributed by atoms with van der Waals surface area (Å²) in [7, 11) is 0. The lowest BCUT2D eigenvalue weighted by molar-refractivity contribution is 0.714. The molecule has 0 saturated heterocycles. The number of thiophene rings is 1. The van der Waals surface area contributed by atoms with Crippen molar-refractivity contribution in [3.63, 3.8) is 0 Å². The van der Waals surface area contributed by atoms with Crippen molar-refractivity contribution in [1.82, 2.24) is 5.32 Å². The molecule has 2 aromatic rings. The smallest absolute Gasteiger partial charge is 0.0407 e. The van der Waals surface area contributed by atoms with Crippen LogP contribution >= 0.6 is 22.9 Å². The number of anilines is 1. The van der Waals surface area contributed by atoms with Crippen molar-refractivity contribution < 1.29 is 0 Å². The van der Waals surface area contributed by atoms with Crippen molar-refractivity contribution >= 4 is 28.6 Å². The minimum absolute atomic E-state index is 0.770. The summed E-state index contributed by atoms with van der Waals surface area (Å²) in [6, 6.07) is 12.0. The highest BCUT2D eigenvalue weighted by atomic mass is 35.5. The topological polar surface area (TPSA) is 24.1 Å². The fraction of sp³-hybridized carbons (Fsp3) is 0.231. The highest BCUT2D eigenvalue weighted by Gasteiger charge is 1.93. The van der Waals surface area contributed by atoms with Gasteiger partial charge in [-0.2, -0.15) is 0 Å². The Hall–Kier alpha value is -1.03. The van der Waals surface area contributed by atoms with E-state index in [4.69, 9.17) is 11.6 Å². The van der Waals surface area contributed by atoms with Gasteiger partial charge in [-0.15, -0.1) is 11.3 Å². The zero-order valence-electron chi connectivity index (χ0n) is 9.45. The summed E-state index contributed by atoms with van der Waals surface area (Å²) in [5.74, 6) is 0. The zero-order chi connectivity index (χ0) is 11.9. The van der Waals surface area contributed by atoms with Crippen LogP contribution < -0.4 is 10.6 Å². The predicted octanol–water partition coefficient (Wildman–Crippen LogP) is 3.60. The van der Waals surface area contributed by atoms with Crippen LogP contribution in [0, 0.1) is 0 Å². The lowest BCUT2D eigenvalue weighted by Gasteiger charge is -2.07. The molecule has 17 heavy (non-hydrogen) atoms. The van der Waals surface area contributed by atoms with Crippen molar-refractivity contribution in [2.24, 2.45) is 0 Å². The number of hydrogen-bond acceptors (Lipinski definition) is 3. The van der Waals surface area contributed by atoms with Crippen LogP contribution in [0.4, 0.5) is 5.69 Å². The molecule has 1 heterocycles. The minimum atomic E-state index is 0.770. The average Bonchev–Trinajstić information content (AvgIpc) is 2.84. The van der Waals surface area contributed by atoms with Crippen LogP contribution in [0.5, 0.6) is 0 Å². The summed E-state index contributed by atoms with van der Waals surface area (Å²) in [6.07, 6.45) is 0. The second-order valence-electron chi connectivity index (χ2n) is 3.69. The molecule has 0 amide bonds. The van der Waals surface area contributed by atoms with E-state index in [1.165, 1.54) is 4.88 Å². The summed E-state index contributed by atoms with van der Waals surface area (Å²) >= 11 is 7.59. The van der Waals surface area contributed by atoms with E-state index in [0.717, 1.165) is 30.3 Å². The Balaban J connectivity index is 1.61. The third-order valence-electron chi connectivity index (χ3n) is 2.35. The quantitative estimate of drug-likeness (QED) is 0.781. The van der Waals surface area contributed by atoms with Crippen molar-refractivity contribution in [3.8, 4) is 0 Å². The number of benzene rings is 1. The largest absolute Gasteiger partial charge is 0.384 e. The lowest BCUT2D eigenvalue weighted by Crippen LogP contribution is -2.21. The SMILES string of the molecule is Clc1ccc(NCCNCc2cccs2)cc1. The van der Waals surface area contributed by atoms with Gasteiger partial charge in [0.25, 0.3) is 0 Å². The number of halogens is 1. The molecule has 0 fully saturated rings. The lowest BCUT2D eigenvalue weighted by atomic mass is 10.3. The molecule has 0 aliphatic carbocycles. The maximum absolute atomic E-state index is 5.81. The summed E-state index contributed by atoms with van der Waals surface area (Å²) in [5, 5.41) is 9.60. The van der Waals surface area contributed by atoms with Gasteiger partial charge < -0.3 is 10.6 Å². The number of hydrogen-bond donors (Lipinski definition) is 2. The van der Waals surface area contributed by atoms with E-state index in [1.54, 1.807) is 11.3 Å². The van der Waals surface area contributed by atoms with Gasteiger partial charge in [-0.3, -0.25) is 0 Å². The van der Waals surface area contributed by atoms with E-state index in [1.807, 2.05) is 24.3 Å². The first kappa shape index (κ1) is 12.4. The number of nitrogens with one attached hydrogen (secondary N) is 2. The molecule has 0 bridgehead atoms. The first-order chi connectivity index (χ1) is 8.34. The van der Waals surface area contributed by atoms with Gasteiger partial charge in [-0.25, -0.2) is 0 Å². The summed E-state index contributed by atoms with van der Waals surface area (Å²) in [6.45, 7) is 2.80. The van der Waals surface area contributed by atoms with Crippen LogP contribution in [-0.4, -0.2) is 13.1 Å². The molecule has 0 spiro atoms. The molecule has 90 valence electrons. The van der Waals surface area contributed by atoms with Gasteiger partial charge in [0, 0.05) is 35.2 Å². The van der Waals surface area contributed by atoms with Gasteiger partial charge in [0.2, 0.25) is 0 Å². The molecule has 0 unspecified atom stereocenters. The molecule has 0 radical (unpaired) electrons. The van der Waals surface area contributed by atoms with Crippen molar-refractivity contribution in [1.29, 1.82) is 0 Å². The third kappa shape index (κ3) is 4.38. The Bertz CT molecular complexity index is 425. The molecule has 2 nitrogen and oxygen atoms in total. The predicted molar refractivity (Wildman–Crippen MR) is 76.0 cm³/mol. The molecule has 1 aromatic heterocycles. The monoisotopic (exact) mass is 266 g/mol. The Kier molecular flexibility index (Phi) is 4.86. The number of rotatable bonds is 6. The molecule has 2 rings (SSSR count). The second kappa shape index (κ2) is 6.64. The van der Waals surface area contributed by atoms with Gasteiger partial charge >= 0.3 is 0 Å². The molecule has 1 aromatic carbocycles. The van der Waals surface area contributed by atoms with Gasteiger partial charge in [0.1, 0.15) is 0 Å². The van der Waals surface area contributed by atoms with E-state index in [9.17, 15) is 0 Å². The minimum Gasteiger partial charge on any atom is -0.384 e. The van der Waals surface area contributed by atoms with Crippen molar-refractivity contribution in [2.45, 2.75) is 6.54 Å². The maximum atomic E-state index is 5.81. The van der Waals surface area contributed by atoms with Crippen LogP contribution in [0.3, 0.4) is 0 Å². The maximum Gasteiger partial charge on any atom is 0.0407 e. The average molecular weight is 267 g/mol. The Morgan fingerprint density at radius 2 is 1.88 bits per heavy atom. The van der Waals surface area contributed by atoms with Crippen LogP contribution in [-0.2, 0) is 6.54 Å². The second-order valence-corrected chi connectivity index (χ2v) is 5.16. The molecule has 2 N–H and O–H groups in total. The Morgan fingerprint density at radius 3 is 2.59 bits per heavy atom. The van der Waals surface area contributed by atoms with Crippen molar-refractivity contribution in [3.05, 3.63) is 51.7 Å². The first-order valence-corrected chi connectivity index (χ1v) is 6.83. The fourth-order valence-electron chi connectivity index (χ4n) is 1.49. The molecular formula is C13H15ClN2S. The van der Waals surface area contributed by atoms with Crippen LogP contribution in [0.15, 0.2) is 41.8 Å². The van der Waals surface area contributed by atoms with E-state index >= 15 is 0 Å². The first-order valence-electron chi connectivity index (χ1n) is 5.57. The van der Waals surface area contributed by atoms with E-state index < -0.39 is 0 Å². The van der Waals surface area contributed by atoms with E-state index in [2.05, 4.69) is 28.1 Å². The van der Waals surface area contributed by atoms with Gasteiger partial charge in [0.05, 0.1) is 0 Å². The van der Waals surface area contributed by atoms with Crippen molar-refractivity contribution in [2.75, 3.05) is 18.4 Å². The molecule has 0 aliphatic heterocycles. The highest BCUT2D eigenvalue weighted by Crippen LogP contribution is 2.12. The van der Waals surface area contributed by atoms with Crippen LogP contribution in [0.25, 0.3) is 0 Å². The summed E-state index contributed by atoms with van der Waals surface area (Å²) in [5.41, 5.74) is 1.10. The molecule has 0 saturated carbocycles. The Labute approximate surface area is 111 Å². The Morgan fingerprint density at radius 1 is 1.06 bits per heavy atom. The van der Waals surface area contributed by atoms with Crippen LogP contribution in [0.2, 0.25) is 5.02 Å². The summed E-state index contributed by atoms with van der Waals surface area (Å²) < 4.78 is 0. The molecule has 4 heteroatoms. The van der Waals surface area contributed by atoms with Gasteiger partial charge in [0.15, 0.2) is 0 Å². The molecule has 0 atom stereocenters. The standard InChI is InChI=1S/C13H15ClN2S/c14-11-3-5-12(6-4-11)16-8-7-15-10-13-2-1-9-17-13/h1-6,9,15-16H,7-8,10H2. The fourth-order valence-corrected chi connectivity index (χ4v) is 2.29. The van der Waals surface area contributed by atoms with Gasteiger partial charge in [-0.1, -0.05) is 17.7 Å². The normalized spacial score (nSPS) is 10.4. The molecule has 0 aliphatic rings. The van der Waals surface area contributed by atoms with Crippen LogP contribution in [0.1, 0.15) is 4.88 Å².